The Morgan fingerprint density at radius 1 is 1.33 bits per heavy atom. The van der Waals surface area contributed by atoms with Gasteiger partial charge >= 0.3 is 0 Å². The average molecular weight is 304 g/mol. The van der Waals surface area contributed by atoms with Crippen molar-refractivity contribution >= 4 is 17.0 Å². The van der Waals surface area contributed by atoms with E-state index in [1.54, 1.807) is 23.5 Å². The predicted molar refractivity (Wildman–Crippen MR) is 87.4 cm³/mol. The Labute approximate surface area is 129 Å². The van der Waals surface area contributed by atoms with E-state index in [0.717, 1.165) is 12.1 Å². The molecule has 0 spiro atoms. The topological polar surface area (TPSA) is 15.3 Å². The number of nitrogens with zero attached hydrogens (tertiary/aromatic N) is 1. The van der Waals surface area contributed by atoms with Crippen molar-refractivity contribution in [1.29, 1.82) is 0 Å². The van der Waals surface area contributed by atoms with Crippen molar-refractivity contribution in [3.8, 4) is 0 Å². The summed E-state index contributed by atoms with van der Waals surface area (Å²) in [6.45, 7) is 2.86. The molecule has 1 N–H and O–H groups in total. The summed E-state index contributed by atoms with van der Waals surface area (Å²) in [5.41, 5.74) is 1.75. The zero-order chi connectivity index (χ0) is 14.8. The fourth-order valence-corrected chi connectivity index (χ4v) is 3.38. The number of thiophene rings is 1. The molecule has 3 rings (SSSR count). The average Bonchev–Trinajstić information content (AvgIpc) is 3.15. The van der Waals surface area contributed by atoms with Crippen LogP contribution in [0.2, 0.25) is 0 Å². The third kappa shape index (κ3) is 3.27. The van der Waals surface area contributed by atoms with Gasteiger partial charge in [-0.15, -0.1) is 11.3 Å². The van der Waals surface area contributed by atoms with Gasteiger partial charge in [-0.2, -0.15) is 0 Å². The molecule has 1 aromatic carbocycles. The Morgan fingerprint density at radius 3 is 2.81 bits per heavy atom. The molecule has 1 atom stereocenters. The molecule has 1 aliphatic rings. The van der Waals surface area contributed by atoms with Crippen LogP contribution >= 0.6 is 11.3 Å². The summed E-state index contributed by atoms with van der Waals surface area (Å²) < 4.78 is 14.4. The summed E-state index contributed by atoms with van der Waals surface area (Å²) in [6.07, 6.45) is 2.48. The van der Waals surface area contributed by atoms with E-state index >= 15 is 0 Å². The van der Waals surface area contributed by atoms with Gasteiger partial charge in [0.25, 0.3) is 0 Å². The minimum Gasteiger partial charge on any atom is -0.364 e. The van der Waals surface area contributed by atoms with Crippen LogP contribution in [0, 0.1) is 5.82 Å². The van der Waals surface area contributed by atoms with Crippen LogP contribution in [-0.2, 0) is 6.54 Å². The summed E-state index contributed by atoms with van der Waals surface area (Å²) in [4.78, 5) is 3.30. The van der Waals surface area contributed by atoms with Crippen molar-refractivity contribution in [2.75, 3.05) is 11.9 Å². The van der Waals surface area contributed by atoms with Crippen molar-refractivity contribution in [2.45, 2.75) is 38.4 Å². The fraction of sp³-hybridized carbons (Fsp3) is 0.412. The van der Waals surface area contributed by atoms with Crippen LogP contribution in [0.4, 0.5) is 10.1 Å². The normalized spacial score (nSPS) is 16.0. The van der Waals surface area contributed by atoms with Gasteiger partial charge in [-0.25, -0.2) is 4.39 Å². The van der Waals surface area contributed by atoms with E-state index in [-0.39, 0.29) is 11.9 Å². The third-order valence-corrected chi connectivity index (χ3v) is 5.16. The Balaban J connectivity index is 1.84. The molecule has 1 heterocycles. The van der Waals surface area contributed by atoms with Crippen LogP contribution in [-0.4, -0.2) is 13.1 Å². The maximum atomic E-state index is 14.4. The van der Waals surface area contributed by atoms with Crippen molar-refractivity contribution in [3.05, 3.63) is 52.0 Å². The summed E-state index contributed by atoms with van der Waals surface area (Å²) in [5.74, 6) is -0.143. The summed E-state index contributed by atoms with van der Waals surface area (Å²) in [6, 6.07) is 10.3. The lowest BCUT2D eigenvalue weighted by molar-refractivity contribution is 0.603. The van der Waals surface area contributed by atoms with Crippen molar-refractivity contribution in [1.82, 2.24) is 5.32 Å². The Kier molecular flexibility index (Phi) is 4.27. The van der Waals surface area contributed by atoms with Crippen molar-refractivity contribution in [3.63, 3.8) is 0 Å². The van der Waals surface area contributed by atoms with Gasteiger partial charge in [-0.05, 0) is 42.8 Å². The highest BCUT2D eigenvalue weighted by Crippen LogP contribution is 2.33. The zero-order valence-electron chi connectivity index (χ0n) is 12.5. The highest BCUT2D eigenvalue weighted by molar-refractivity contribution is 7.10. The largest absolute Gasteiger partial charge is 0.364 e. The highest BCUT2D eigenvalue weighted by atomic mass is 32.1. The highest BCUT2D eigenvalue weighted by Gasteiger charge is 2.23. The lowest BCUT2D eigenvalue weighted by Crippen LogP contribution is -2.25. The molecule has 2 nitrogen and oxygen atoms in total. The Hall–Kier alpha value is -1.39. The van der Waals surface area contributed by atoms with E-state index in [1.165, 1.54) is 17.7 Å². The second kappa shape index (κ2) is 6.16. The molecule has 0 aliphatic heterocycles. The van der Waals surface area contributed by atoms with Crippen LogP contribution < -0.4 is 10.2 Å². The fourth-order valence-electron chi connectivity index (χ4n) is 2.55. The molecule has 0 bridgehead atoms. The molecule has 0 saturated heterocycles. The molecule has 0 radical (unpaired) electrons. The Bertz CT molecular complexity index is 593. The number of para-hydroxylation sites is 1. The molecule has 1 aromatic heterocycles. The maximum absolute atomic E-state index is 14.4. The van der Waals surface area contributed by atoms with Gasteiger partial charge in [-0.1, -0.05) is 18.2 Å². The number of benzene rings is 1. The first-order valence-corrected chi connectivity index (χ1v) is 8.32. The van der Waals surface area contributed by atoms with Gasteiger partial charge in [0.2, 0.25) is 0 Å². The molecular formula is C17H21FN2S. The summed E-state index contributed by atoms with van der Waals surface area (Å²) in [5, 5.41) is 5.54. The predicted octanol–water partition coefficient (Wildman–Crippen LogP) is 4.34. The molecule has 2 aromatic rings. The van der Waals surface area contributed by atoms with Gasteiger partial charge in [-0.3, -0.25) is 0 Å². The van der Waals surface area contributed by atoms with E-state index in [1.807, 2.05) is 24.1 Å². The van der Waals surface area contributed by atoms with E-state index in [0.29, 0.717) is 11.7 Å². The van der Waals surface area contributed by atoms with Crippen LogP contribution in [0.5, 0.6) is 0 Å². The number of nitrogens with one attached hydrogen (secondary N) is 1. The standard InChI is InChI=1S/C17H21FN2S/c1-12(16-7-4-10-21-16)20(2)17-13(5-3-6-15(17)18)11-19-14-8-9-14/h3-7,10,12,14,19H,8-9,11H2,1-2H3. The third-order valence-electron chi connectivity index (χ3n) is 4.12. The molecule has 0 amide bonds. The SMILES string of the molecule is CC(c1cccs1)N(C)c1c(F)cccc1CNC1CC1. The molecule has 112 valence electrons. The van der Waals surface area contributed by atoms with E-state index in [4.69, 9.17) is 0 Å². The van der Waals surface area contributed by atoms with E-state index < -0.39 is 0 Å². The second-order valence-corrected chi connectivity index (χ2v) is 6.68. The number of hydrogen-bond donors (Lipinski definition) is 1. The minimum atomic E-state index is -0.143. The summed E-state index contributed by atoms with van der Waals surface area (Å²) in [7, 11) is 1.98. The molecule has 1 aliphatic carbocycles. The van der Waals surface area contributed by atoms with E-state index in [9.17, 15) is 4.39 Å². The lowest BCUT2D eigenvalue weighted by atomic mass is 10.1. The Morgan fingerprint density at radius 2 is 2.14 bits per heavy atom. The quantitative estimate of drug-likeness (QED) is 0.854. The molecular weight excluding hydrogens is 283 g/mol. The molecule has 21 heavy (non-hydrogen) atoms. The van der Waals surface area contributed by atoms with Gasteiger partial charge in [0, 0.05) is 24.5 Å². The van der Waals surface area contributed by atoms with Crippen molar-refractivity contribution < 1.29 is 4.39 Å². The van der Waals surface area contributed by atoms with Gasteiger partial charge in [0.05, 0.1) is 11.7 Å². The first-order chi connectivity index (χ1) is 10.2. The number of rotatable bonds is 6. The van der Waals surface area contributed by atoms with Crippen LogP contribution in [0.3, 0.4) is 0 Å². The van der Waals surface area contributed by atoms with Crippen LogP contribution in [0.15, 0.2) is 35.7 Å². The lowest BCUT2D eigenvalue weighted by Gasteiger charge is -2.29. The van der Waals surface area contributed by atoms with Crippen LogP contribution in [0.25, 0.3) is 0 Å². The first kappa shape index (κ1) is 14.5. The van der Waals surface area contributed by atoms with Gasteiger partial charge in [0.15, 0.2) is 0 Å². The maximum Gasteiger partial charge on any atom is 0.146 e. The van der Waals surface area contributed by atoms with Crippen LogP contribution in [0.1, 0.15) is 36.2 Å². The zero-order valence-corrected chi connectivity index (χ0v) is 13.3. The molecule has 1 saturated carbocycles. The summed E-state index contributed by atoms with van der Waals surface area (Å²) >= 11 is 1.71. The number of halogens is 1. The number of hydrogen-bond acceptors (Lipinski definition) is 3. The first-order valence-electron chi connectivity index (χ1n) is 7.44. The molecule has 4 heteroatoms. The molecule has 1 unspecified atom stereocenters. The second-order valence-electron chi connectivity index (χ2n) is 5.71. The number of anilines is 1. The monoisotopic (exact) mass is 304 g/mol. The molecule has 1 fully saturated rings. The smallest absolute Gasteiger partial charge is 0.146 e. The van der Waals surface area contributed by atoms with Crippen molar-refractivity contribution in [2.24, 2.45) is 0 Å². The van der Waals surface area contributed by atoms with E-state index in [2.05, 4.69) is 23.7 Å². The van der Waals surface area contributed by atoms with Gasteiger partial charge < -0.3 is 10.2 Å². The van der Waals surface area contributed by atoms with Gasteiger partial charge in [0.1, 0.15) is 5.82 Å². The minimum absolute atomic E-state index is 0.143.